The Morgan fingerprint density at radius 2 is 1.94 bits per heavy atom. The van der Waals surface area contributed by atoms with Gasteiger partial charge in [0.25, 0.3) is 0 Å². The standard InChI is InChI=1S/C13H15FN2O/c1-16(12-4-2-11(14)3-5-12)9-13-10(8-15)6-7-17-13/h2-7H,8-9,15H2,1H3. The SMILES string of the molecule is CN(Cc1occc1CN)c1ccc(F)cc1. The van der Waals surface area contributed by atoms with Crippen molar-refractivity contribution in [2.24, 2.45) is 5.73 Å². The molecule has 0 unspecified atom stereocenters. The molecule has 1 aromatic heterocycles. The van der Waals surface area contributed by atoms with Gasteiger partial charge in [-0.2, -0.15) is 0 Å². The molecule has 0 spiro atoms. The highest BCUT2D eigenvalue weighted by Crippen LogP contribution is 2.18. The zero-order valence-electron chi connectivity index (χ0n) is 9.69. The van der Waals surface area contributed by atoms with E-state index in [1.165, 1.54) is 12.1 Å². The summed E-state index contributed by atoms with van der Waals surface area (Å²) < 4.78 is 18.2. The van der Waals surface area contributed by atoms with E-state index in [1.54, 1.807) is 18.4 Å². The third-order valence-electron chi connectivity index (χ3n) is 2.71. The second-order valence-corrected chi connectivity index (χ2v) is 3.91. The lowest BCUT2D eigenvalue weighted by molar-refractivity contribution is 0.503. The maximum Gasteiger partial charge on any atom is 0.127 e. The van der Waals surface area contributed by atoms with E-state index in [-0.39, 0.29) is 5.82 Å². The number of halogens is 1. The van der Waals surface area contributed by atoms with Gasteiger partial charge >= 0.3 is 0 Å². The van der Waals surface area contributed by atoms with E-state index in [0.717, 1.165) is 17.0 Å². The minimum absolute atomic E-state index is 0.234. The summed E-state index contributed by atoms with van der Waals surface area (Å²) in [5, 5.41) is 0. The van der Waals surface area contributed by atoms with Crippen LogP contribution in [0, 0.1) is 5.82 Å². The first-order valence-corrected chi connectivity index (χ1v) is 5.42. The highest BCUT2D eigenvalue weighted by molar-refractivity contribution is 5.45. The zero-order valence-corrected chi connectivity index (χ0v) is 9.69. The molecule has 3 nitrogen and oxygen atoms in total. The Labute approximate surface area is 99.6 Å². The van der Waals surface area contributed by atoms with Gasteiger partial charge in [-0.05, 0) is 30.3 Å². The topological polar surface area (TPSA) is 42.4 Å². The molecule has 0 aliphatic rings. The van der Waals surface area contributed by atoms with Crippen molar-refractivity contribution >= 4 is 5.69 Å². The monoisotopic (exact) mass is 234 g/mol. The Hall–Kier alpha value is -1.81. The van der Waals surface area contributed by atoms with Gasteiger partial charge in [-0.15, -0.1) is 0 Å². The fraction of sp³-hybridized carbons (Fsp3) is 0.231. The highest BCUT2D eigenvalue weighted by atomic mass is 19.1. The molecule has 0 atom stereocenters. The van der Waals surface area contributed by atoms with Gasteiger partial charge in [-0.3, -0.25) is 0 Å². The smallest absolute Gasteiger partial charge is 0.127 e. The number of rotatable bonds is 4. The van der Waals surface area contributed by atoms with Crippen LogP contribution >= 0.6 is 0 Å². The lowest BCUT2D eigenvalue weighted by atomic mass is 10.2. The van der Waals surface area contributed by atoms with Gasteiger partial charge in [0.1, 0.15) is 11.6 Å². The lowest BCUT2D eigenvalue weighted by Gasteiger charge is -2.18. The van der Waals surface area contributed by atoms with Crippen molar-refractivity contribution in [2.45, 2.75) is 13.1 Å². The number of anilines is 1. The summed E-state index contributed by atoms with van der Waals surface area (Å²) in [6, 6.07) is 8.23. The van der Waals surface area contributed by atoms with Crippen molar-refractivity contribution in [2.75, 3.05) is 11.9 Å². The fourth-order valence-electron chi connectivity index (χ4n) is 1.69. The number of furan rings is 1. The number of nitrogens with zero attached hydrogens (tertiary/aromatic N) is 1. The third-order valence-corrected chi connectivity index (χ3v) is 2.71. The van der Waals surface area contributed by atoms with Crippen LogP contribution in [0.1, 0.15) is 11.3 Å². The summed E-state index contributed by atoms with van der Waals surface area (Å²) in [5.41, 5.74) is 7.54. The zero-order chi connectivity index (χ0) is 12.3. The van der Waals surface area contributed by atoms with Crippen LogP contribution in [-0.4, -0.2) is 7.05 Å². The average molecular weight is 234 g/mol. The van der Waals surface area contributed by atoms with Gasteiger partial charge in [0, 0.05) is 24.8 Å². The maximum absolute atomic E-state index is 12.8. The molecule has 2 aromatic rings. The second kappa shape index (κ2) is 5.01. The van der Waals surface area contributed by atoms with E-state index in [0.29, 0.717) is 13.1 Å². The summed E-state index contributed by atoms with van der Waals surface area (Å²) in [7, 11) is 1.93. The molecule has 0 aliphatic heterocycles. The number of hydrogen-bond donors (Lipinski definition) is 1. The first-order chi connectivity index (χ1) is 8.20. The van der Waals surface area contributed by atoms with Crippen LogP contribution in [0.2, 0.25) is 0 Å². The van der Waals surface area contributed by atoms with Crippen LogP contribution in [-0.2, 0) is 13.1 Å². The summed E-state index contributed by atoms with van der Waals surface area (Å²) in [4.78, 5) is 1.98. The molecule has 0 amide bonds. The first-order valence-electron chi connectivity index (χ1n) is 5.42. The molecule has 0 radical (unpaired) electrons. The summed E-state index contributed by atoms with van der Waals surface area (Å²) in [6.45, 7) is 1.08. The van der Waals surface area contributed by atoms with Gasteiger partial charge in [-0.25, -0.2) is 4.39 Å². The van der Waals surface area contributed by atoms with Crippen LogP contribution in [0.3, 0.4) is 0 Å². The molecule has 0 saturated heterocycles. The first kappa shape index (κ1) is 11.7. The molecule has 1 heterocycles. The maximum atomic E-state index is 12.8. The van der Waals surface area contributed by atoms with Crippen LogP contribution in [0.5, 0.6) is 0 Å². The molecular formula is C13H15FN2O. The predicted octanol–water partition coefficient (Wildman–Crippen LogP) is 2.51. The van der Waals surface area contributed by atoms with Gasteiger partial charge in [0.15, 0.2) is 0 Å². The van der Waals surface area contributed by atoms with Gasteiger partial charge < -0.3 is 15.1 Å². The minimum atomic E-state index is -0.234. The Morgan fingerprint density at radius 3 is 2.59 bits per heavy atom. The lowest BCUT2D eigenvalue weighted by Crippen LogP contribution is -2.17. The van der Waals surface area contributed by atoms with Crippen molar-refractivity contribution in [1.29, 1.82) is 0 Å². The Bertz CT molecular complexity index is 478. The molecule has 0 aliphatic carbocycles. The summed E-state index contributed by atoms with van der Waals surface area (Å²) >= 11 is 0. The van der Waals surface area contributed by atoms with E-state index in [9.17, 15) is 4.39 Å². The molecule has 0 fully saturated rings. The van der Waals surface area contributed by atoms with Gasteiger partial charge in [0.05, 0.1) is 12.8 Å². The van der Waals surface area contributed by atoms with Crippen molar-refractivity contribution in [1.82, 2.24) is 0 Å². The van der Waals surface area contributed by atoms with Gasteiger partial charge in [0.2, 0.25) is 0 Å². The second-order valence-electron chi connectivity index (χ2n) is 3.91. The highest BCUT2D eigenvalue weighted by Gasteiger charge is 2.08. The molecule has 17 heavy (non-hydrogen) atoms. The Balaban J connectivity index is 2.11. The van der Waals surface area contributed by atoms with Crippen LogP contribution < -0.4 is 10.6 Å². The Kier molecular flexibility index (Phi) is 3.44. The van der Waals surface area contributed by atoms with Crippen LogP contribution in [0.4, 0.5) is 10.1 Å². The van der Waals surface area contributed by atoms with Crippen LogP contribution in [0.15, 0.2) is 41.0 Å². The number of benzene rings is 1. The molecular weight excluding hydrogens is 219 g/mol. The summed E-state index contributed by atoms with van der Waals surface area (Å²) in [6.07, 6.45) is 1.63. The number of nitrogens with two attached hydrogens (primary N) is 1. The number of hydrogen-bond acceptors (Lipinski definition) is 3. The van der Waals surface area contributed by atoms with E-state index in [1.807, 2.05) is 18.0 Å². The van der Waals surface area contributed by atoms with E-state index >= 15 is 0 Å². The molecule has 4 heteroatoms. The third kappa shape index (κ3) is 2.65. The average Bonchev–Trinajstić information content (AvgIpc) is 2.77. The summed E-state index contributed by atoms with van der Waals surface area (Å²) in [5.74, 6) is 0.613. The quantitative estimate of drug-likeness (QED) is 0.883. The normalized spacial score (nSPS) is 10.5. The van der Waals surface area contributed by atoms with Crippen molar-refractivity contribution in [3.63, 3.8) is 0 Å². The van der Waals surface area contributed by atoms with Gasteiger partial charge in [-0.1, -0.05) is 0 Å². The molecule has 0 bridgehead atoms. The van der Waals surface area contributed by atoms with E-state index in [4.69, 9.17) is 10.2 Å². The molecule has 2 N–H and O–H groups in total. The Morgan fingerprint density at radius 1 is 1.24 bits per heavy atom. The molecule has 0 saturated carbocycles. The minimum Gasteiger partial charge on any atom is -0.467 e. The van der Waals surface area contributed by atoms with Crippen molar-refractivity contribution in [3.8, 4) is 0 Å². The van der Waals surface area contributed by atoms with Crippen LogP contribution in [0.25, 0.3) is 0 Å². The van der Waals surface area contributed by atoms with E-state index in [2.05, 4.69) is 0 Å². The van der Waals surface area contributed by atoms with Crippen molar-refractivity contribution < 1.29 is 8.81 Å². The largest absolute Gasteiger partial charge is 0.467 e. The fourth-order valence-corrected chi connectivity index (χ4v) is 1.69. The molecule has 1 aromatic carbocycles. The molecule has 2 rings (SSSR count). The van der Waals surface area contributed by atoms with E-state index < -0.39 is 0 Å². The van der Waals surface area contributed by atoms with Crippen molar-refractivity contribution in [3.05, 3.63) is 53.7 Å². The predicted molar refractivity (Wildman–Crippen MR) is 65.1 cm³/mol. The molecule has 90 valence electrons.